The first kappa shape index (κ1) is 35.5. The van der Waals surface area contributed by atoms with Crippen LogP contribution < -0.4 is 0 Å². The molecule has 0 radical (unpaired) electrons. The maximum absolute atomic E-state index is 11.6. The van der Waals surface area contributed by atoms with Crippen molar-refractivity contribution in [2.24, 2.45) is 0 Å². The van der Waals surface area contributed by atoms with Crippen molar-refractivity contribution < 1.29 is 9.85 Å². The van der Waals surface area contributed by atoms with Crippen LogP contribution in [0.3, 0.4) is 0 Å². The summed E-state index contributed by atoms with van der Waals surface area (Å²) < 4.78 is 2.35. The fraction of sp³-hybridized carbons (Fsp3) is 0.676. The summed E-state index contributed by atoms with van der Waals surface area (Å²) in [5.74, 6) is 0. The lowest BCUT2D eigenvalue weighted by atomic mass is 9.99. The molecule has 0 saturated carbocycles. The van der Waals surface area contributed by atoms with Crippen LogP contribution in [-0.2, 0) is 0 Å². The summed E-state index contributed by atoms with van der Waals surface area (Å²) in [4.78, 5) is 22.5. The van der Waals surface area contributed by atoms with E-state index in [1.54, 1.807) is 24.3 Å². The summed E-state index contributed by atoms with van der Waals surface area (Å²) in [6.45, 7) is 4.52. The Kier molecular flexibility index (Phi) is 16.3. The molecule has 0 N–H and O–H groups in total. The normalized spacial score (nSPS) is 11.7. The van der Waals surface area contributed by atoms with Crippen LogP contribution in [0, 0.1) is 20.2 Å². The first-order valence-electron chi connectivity index (χ1n) is 17.8. The van der Waals surface area contributed by atoms with Gasteiger partial charge in [-0.25, -0.2) is 0 Å². The van der Waals surface area contributed by atoms with Crippen molar-refractivity contribution in [1.82, 2.24) is 4.57 Å². The predicted molar refractivity (Wildman–Crippen MR) is 185 cm³/mol. The maximum Gasteiger partial charge on any atom is 0.270 e. The number of unbranched alkanes of at least 4 members (excludes halogenated alkanes) is 18. The van der Waals surface area contributed by atoms with Gasteiger partial charge in [0.05, 0.1) is 9.85 Å². The quantitative estimate of drug-likeness (QED) is 0.0544. The highest BCUT2D eigenvalue weighted by Crippen LogP contribution is 2.38. The van der Waals surface area contributed by atoms with E-state index in [0.29, 0.717) is 0 Å². The van der Waals surface area contributed by atoms with Gasteiger partial charge in [-0.1, -0.05) is 142 Å². The number of aromatic nitrogens is 1. The summed E-state index contributed by atoms with van der Waals surface area (Å²) in [6.07, 6.45) is 28.1. The fourth-order valence-corrected chi connectivity index (χ4v) is 6.79. The lowest BCUT2D eigenvalue weighted by molar-refractivity contribution is -0.385. The van der Waals surface area contributed by atoms with E-state index >= 15 is 0 Å². The van der Waals surface area contributed by atoms with E-state index < -0.39 is 0 Å². The first-order chi connectivity index (χ1) is 21.5. The maximum atomic E-state index is 11.6. The SMILES string of the molecule is CCCCCCCCCCCCC(CCCCCCCCCCCC)n1c2ccc([N+](=O)[O-])cc2c2cc([N+](=O)[O-])ccc21. The van der Waals surface area contributed by atoms with E-state index in [-0.39, 0.29) is 27.3 Å². The van der Waals surface area contributed by atoms with Gasteiger partial charge in [0, 0.05) is 52.1 Å². The van der Waals surface area contributed by atoms with Crippen molar-refractivity contribution in [3.05, 3.63) is 56.6 Å². The predicted octanol–water partition coefficient (Wildman–Crippen LogP) is 12.8. The molecular weight excluding hydrogens is 550 g/mol. The molecule has 0 fully saturated rings. The molecule has 244 valence electrons. The van der Waals surface area contributed by atoms with Crippen molar-refractivity contribution in [3.63, 3.8) is 0 Å². The number of nitro benzene ring substituents is 2. The van der Waals surface area contributed by atoms with Crippen molar-refractivity contribution in [2.45, 2.75) is 161 Å². The second-order valence-corrected chi connectivity index (χ2v) is 12.9. The first-order valence-corrected chi connectivity index (χ1v) is 17.8. The Hall–Kier alpha value is -2.96. The molecule has 1 aromatic heterocycles. The number of benzene rings is 2. The molecule has 3 rings (SSSR count). The molecule has 0 amide bonds. The number of fused-ring (bicyclic) bond motifs is 3. The van der Waals surface area contributed by atoms with E-state index in [0.717, 1.165) is 47.5 Å². The van der Waals surface area contributed by atoms with Crippen molar-refractivity contribution in [2.75, 3.05) is 0 Å². The third-order valence-electron chi connectivity index (χ3n) is 9.34. The Morgan fingerprint density at radius 1 is 0.523 bits per heavy atom. The molecule has 2 aromatic carbocycles. The number of non-ortho nitro benzene ring substituents is 2. The third kappa shape index (κ3) is 11.2. The van der Waals surface area contributed by atoms with Crippen LogP contribution in [0.25, 0.3) is 21.8 Å². The minimum atomic E-state index is -0.384. The van der Waals surface area contributed by atoms with E-state index in [9.17, 15) is 20.2 Å². The zero-order valence-corrected chi connectivity index (χ0v) is 27.6. The Labute approximate surface area is 265 Å². The number of rotatable bonds is 25. The van der Waals surface area contributed by atoms with Crippen LogP contribution in [0.5, 0.6) is 0 Å². The van der Waals surface area contributed by atoms with Crippen molar-refractivity contribution in [3.8, 4) is 0 Å². The van der Waals surface area contributed by atoms with Crippen LogP contribution in [0.2, 0.25) is 0 Å². The molecule has 1 heterocycles. The molecule has 0 spiro atoms. The molecule has 3 aromatic rings. The number of nitro groups is 2. The minimum absolute atomic E-state index is 0.0176. The average Bonchev–Trinajstić information content (AvgIpc) is 3.34. The molecule has 7 heteroatoms. The molecule has 0 unspecified atom stereocenters. The van der Waals surface area contributed by atoms with Gasteiger partial charge < -0.3 is 4.57 Å². The number of nitrogens with zero attached hydrogens (tertiary/aromatic N) is 3. The minimum Gasteiger partial charge on any atom is -0.337 e. The van der Waals surface area contributed by atoms with Crippen molar-refractivity contribution >= 4 is 33.2 Å². The molecule has 44 heavy (non-hydrogen) atoms. The number of hydrogen-bond donors (Lipinski definition) is 0. The zero-order chi connectivity index (χ0) is 31.6. The summed E-state index contributed by atoms with van der Waals surface area (Å²) in [5, 5.41) is 24.7. The topological polar surface area (TPSA) is 91.2 Å². The Balaban J connectivity index is 1.71. The van der Waals surface area contributed by atoms with E-state index in [4.69, 9.17) is 0 Å². The van der Waals surface area contributed by atoms with Gasteiger partial charge in [0.1, 0.15) is 0 Å². The molecule has 7 nitrogen and oxygen atoms in total. The third-order valence-corrected chi connectivity index (χ3v) is 9.34. The largest absolute Gasteiger partial charge is 0.337 e. The molecule has 0 aliphatic rings. The molecule has 0 bridgehead atoms. The van der Waals surface area contributed by atoms with Gasteiger partial charge in [0.2, 0.25) is 0 Å². The summed E-state index contributed by atoms with van der Waals surface area (Å²) >= 11 is 0. The molecule has 0 aliphatic heterocycles. The Bertz CT molecular complexity index is 1190. The fourth-order valence-electron chi connectivity index (χ4n) is 6.79. The van der Waals surface area contributed by atoms with Crippen LogP contribution in [0.4, 0.5) is 11.4 Å². The van der Waals surface area contributed by atoms with Crippen molar-refractivity contribution in [1.29, 1.82) is 0 Å². The van der Waals surface area contributed by atoms with Gasteiger partial charge in [0.25, 0.3) is 11.4 Å². The highest BCUT2D eigenvalue weighted by atomic mass is 16.6. The number of hydrogen-bond acceptors (Lipinski definition) is 4. The Morgan fingerprint density at radius 2 is 0.841 bits per heavy atom. The monoisotopic (exact) mass is 607 g/mol. The second kappa shape index (κ2) is 20.1. The van der Waals surface area contributed by atoms with Crippen LogP contribution in [0.1, 0.15) is 161 Å². The summed E-state index contributed by atoms with van der Waals surface area (Å²) in [5.41, 5.74) is 1.92. The van der Waals surface area contributed by atoms with Gasteiger partial charge in [-0.3, -0.25) is 20.2 Å². The molecule has 0 aliphatic carbocycles. The van der Waals surface area contributed by atoms with E-state index in [2.05, 4.69) is 18.4 Å². The van der Waals surface area contributed by atoms with Gasteiger partial charge in [-0.05, 0) is 25.0 Å². The van der Waals surface area contributed by atoms with Gasteiger partial charge >= 0.3 is 0 Å². The summed E-state index contributed by atoms with van der Waals surface area (Å²) in [7, 11) is 0. The standard InChI is InChI=1S/C37H57N3O4/c1-3-5-7-9-11-13-15-17-19-21-23-31(24-22-20-18-16-14-12-10-8-6-4-2)38-36-27-25-32(39(41)42)29-34(36)35-30-33(40(43)44)26-28-37(35)38/h25-31H,3-24H2,1-2H3. The van der Waals surface area contributed by atoms with Crippen LogP contribution >= 0.6 is 0 Å². The lowest BCUT2D eigenvalue weighted by Gasteiger charge is -2.22. The molecular formula is C37H57N3O4. The Morgan fingerprint density at radius 3 is 1.16 bits per heavy atom. The molecule has 0 atom stereocenters. The van der Waals surface area contributed by atoms with Crippen LogP contribution in [0.15, 0.2) is 36.4 Å². The van der Waals surface area contributed by atoms with Gasteiger partial charge in [0.15, 0.2) is 0 Å². The smallest absolute Gasteiger partial charge is 0.270 e. The lowest BCUT2D eigenvalue weighted by Crippen LogP contribution is -2.09. The van der Waals surface area contributed by atoms with E-state index in [1.165, 1.54) is 116 Å². The highest BCUT2D eigenvalue weighted by molar-refractivity contribution is 6.09. The van der Waals surface area contributed by atoms with Gasteiger partial charge in [-0.2, -0.15) is 0 Å². The van der Waals surface area contributed by atoms with Gasteiger partial charge in [-0.15, -0.1) is 0 Å². The molecule has 0 saturated heterocycles. The zero-order valence-electron chi connectivity index (χ0n) is 27.6. The van der Waals surface area contributed by atoms with E-state index in [1.807, 2.05) is 12.1 Å². The highest BCUT2D eigenvalue weighted by Gasteiger charge is 2.22. The second-order valence-electron chi connectivity index (χ2n) is 12.9. The van der Waals surface area contributed by atoms with Crippen LogP contribution in [-0.4, -0.2) is 14.4 Å². The summed E-state index contributed by atoms with van der Waals surface area (Å²) in [6, 6.07) is 10.3. The average molecular weight is 608 g/mol.